The lowest BCUT2D eigenvalue weighted by molar-refractivity contribution is -0.147. The smallest absolute Gasteiger partial charge is 0.307 e. The normalized spacial score (nSPS) is 20.6. The number of benzene rings is 2. The second kappa shape index (κ2) is 10.7. The van der Waals surface area contributed by atoms with Gasteiger partial charge in [-0.05, 0) is 37.1 Å². The molecule has 1 saturated heterocycles. The van der Waals surface area contributed by atoms with Crippen LogP contribution in [0.2, 0.25) is 10.0 Å². The fourth-order valence-corrected chi connectivity index (χ4v) is 5.34. The van der Waals surface area contributed by atoms with Crippen molar-refractivity contribution in [2.75, 3.05) is 36.4 Å². The van der Waals surface area contributed by atoms with Crippen LogP contribution >= 0.6 is 23.2 Å². The second-order valence-corrected chi connectivity index (χ2v) is 9.59. The summed E-state index contributed by atoms with van der Waals surface area (Å²) in [5.74, 6) is -3.10. The average Bonchev–Trinajstić information content (AvgIpc) is 2.85. The second-order valence-electron chi connectivity index (χ2n) is 8.75. The fourth-order valence-electron chi connectivity index (χ4n) is 4.80. The zero-order chi connectivity index (χ0) is 24.2. The number of hydrogen-bond donors (Lipinski definition) is 2. The topological polar surface area (TPSA) is 90.0 Å². The largest absolute Gasteiger partial charge is 0.481 e. The highest BCUT2D eigenvalue weighted by atomic mass is 35.5. The Morgan fingerprint density at radius 2 is 1.56 bits per heavy atom. The maximum Gasteiger partial charge on any atom is 0.307 e. The molecule has 2 aromatic rings. The standard InChI is InChI=1S/C25H27Cl2N3O4/c26-16-14-20(24(32)30-12-10-29(11-13-30)17-6-2-1-3-7-17)22(21(27)15-16)28-23(31)18-8-4-5-9-19(18)25(33)34/h1-3,6-7,14-15,18-19H,4-5,8-13H2,(H,28,31)(H,33,34)/t18-,19+/m0/s1. The highest BCUT2D eigenvalue weighted by molar-refractivity contribution is 6.38. The number of nitrogens with one attached hydrogen (secondary N) is 1. The fraction of sp³-hybridized carbons (Fsp3) is 0.400. The van der Waals surface area contributed by atoms with Gasteiger partial charge in [0.2, 0.25) is 5.91 Å². The van der Waals surface area contributed by atoms with Gasteiger partial charge in [-0.3, -0.25) is 14.4 Å². The Kier molecular flexibility index (Phi) is 7.63. The zero-order valence-corrected chi connectivity index (χ0v) is 20.2. The van der Waals surface area contributed by atoms with Crippen molar-refractivity contribution in [2.24, 2.45) is 11.8 Å². The maximum atomic E-state index is 13.4. The molecule has 0 unspecified atom stereocenters. The van der Waals surface area contributed by atoms with Crippen molar-refractivity contribution < 1.29 is 19.5 Å². The van der Waals surface area contributed by atoms with E-state index in [1.165, 1.54) is 12.1 Å². The molecule has 0 spiro atoms. The first-order valence-corrected chi connectivity index (χ1v) is 12.2. The molecule has 1 heterocycles. The van der Waals surface area contributed by atoms with Crippen LogP contribution < -0.4 is 10.2 Å². The Balaban J connectivity index is 1.52. The quantitative estimate of drug-likeness (QED) is 0.612. The molecule has 1 aliphatic heterocycles. The SMILES string of the molecule is O=C(Nc1c(Cl)cc(Cl)cc1C(=O)N1CCN(c2ccccc2)CC1)[C@H]1CCCC[C@H]1C(=O)O. The summed E-state index contributed by atoms with van der Waals surface area (Å²) in [6, 6.07) is 13.0. The van der Waals surface area contributed by atoms with Crippen molar-refractivity contribution in [3.63, 3.8) is 0 Å². The lowest BCUT2D eigenvalue weighted by Gasteiger charge is -2.36. The minimum Gasteiger partial charge on any atom is -0.481 e. The molecule has 4 rings (SSSR count). The number of hydrogen-bond acceptors (Lipinski definition) is 4. The van der Waals surface area contributed by atoms with Gasteiger partial charge in [0.1, 0.15) is 0 Å². The van der Waals surface area contributed by atoms with Crippen molar-refractivity contribution in [2.45, 2.75) is 25.7 Å². The average molecular weight is 504 g/mol. The van der Waals surface area contributed by atoms with E-state index >= 15 is 0 Å². The van der Waals surface area contributed by atoms with E-state index in [0.717, 1.165) is 18.5 Å². The predicted molar refractivity (Wildman–Crippen MR) is 133 cm³/mol. The lowest BCUT2D eigenvalue weighted by atomic mass is 9.78. The number of nitrogens with zero attached hydrogens (tertiary/aromatic N) is 2. The van der Waals surface area contributed by atoms with Crippen LogP contribution in [0.4, 0.5) is 11.4 Å². The number of carbonyl (C=O) groups excluding carboxylic acids is 2. The lowest BCUT2D eigenvalue weighted by Crippen LogP contribution is -2.49. The molecular formula is C25H27Cl2N3O4. The Morgan fingerprint density at radius 1 is 0.912 bits per heavy atom. The Bertz CT molecular complexity index is 1070. The third-order valence-electron chi connectivity index (χ3n) is 6.64. The van der Waals surface area contributed by atoms with Crippen LogP contribution in [-0.2, 0) is 9.59 Å². The highest BCUT2D eigenvalue weighted by Crippen LogP contribution is 2.35. The van der Waals surface area contributed by atoms with Gasteiger partial charge in [-0.25, -0.2) is 0 Å². The summed E-state index contributed by atoms with van der Waals surface area (Å²) in [7, 11) is 0. The summed E-state index contributed by atoms with van der Waals surface area (Å²) in [6.07, 6.45) is 2.51. The molecule has 1 aliphatic carbocycles. The highest BCUT2D eigenvalue weighted by Gasteiger charge is 2.36. The molecule has 0 aromatic heterocycles. The van der Waals surface area contributed by atoms with Gasteiger partial charge in [0.05, 0.1) is 28.1 Å². The molecule has 2 aliphatic rings. The minimum atomic E-state index is -0.977. The Morgan fingerprint density at radius 3 is 2.21 bits per heavy atom. The van der Waals surface area contributed by atoms with Crippen LogP contribution in [0.1, 0.15) is 36.0 Å². The number of carboxylic acids is 1. The molecule has 7 nitrogen and oxygen atoms in total. The molecule has 180 valence electrons. The number of carboxylic acid groups (broad SMARTS) is 1. The number of aliphatic carboxylic acids is 1. The van der Waals surface area contributed by atoms with Crippen molar-refractivity contribution in [3.8, 4) is 0 Å². The van der Waals surface area contributed by atoms with E-state index in [-0.39, 0.29) is 27.2 Å². The van der Waals surface area contributed by atoms with E-state index in [1.54, 1.807) is 4.90 Å². The summed E-state index contributed by atoms with van der Waals surface area (Å²) >= 11 is 12.6. The van der Waals surface area contributed by atoms with Gasteiger partial charge in [-0.1, -0.05) is 54.2 Å². The van der Waals surface area contributed by atoms with E-state index in [9.17, 15) is 19.5 Å². The van der Waals surface area contributed by atoms with E-state index < -0.39 is 23.7 Å². The molecule has 9 heteroatoms. The molecule has 2 atom stereocenters. The molecule has 1 saturated carbocycles. The van der Waals surface area contributed by atoms with Crippen molar-refractivity contribution in [1.82, 2.24) is 4.90 Å². The Hall–Kier alpha value is -2.77. The van der Waals surface area contributed by atoms with Crippen molar-refractivity contribution in [1.29, 1.82) is 0 Å². The molecule has 2 N–H and O–H groups in total. The minimum absolute atomic E-state index is 0.148. The molecular weight excluding hydrogens is 477 g/mol. The van der Waals surface area contributed by atoms with Crippen LogP contribution in [0.25, 0.3) is 0 Å². The molecule has 2 fully saturated rings. The van der Waals surface area contributed by atoms with Gasteiger partial charge in [-0.15, -0.1) is 0 Å². The van der Waals surface area contributed by atoms with E-state index in [2.05, 4.69) is 10.2 Å². The third-order valence-corrected chi connectivity index (χ3v) is 7.16. The number of halogens is 2. The van der Waals surface area contributed by atoms with Crippen LogP contribution in [-0.4, -0.2) is 54.0 Å². The van der Waals surface area contributed by atoms with Gasteiger partial charge < -0.3 is 20.2 Å². The number of rotatable bonds is 5. The predicted octanol–water partition coefficient (Wildman–Crippen LogP) is 4.79. The number of piperazine rings is 1. The summed E-state index contributed by atoms with van der Waals surface area (Å²) in [5, 5.41) is 12.7. The van der Waals surface area contributed by atoms with Crippen LogP contribution in [0, 0.1) is 11.8 Å². The first kappa shape index (κ1) is 24.4. The first-order valence-electron chi connectivity index (χ1n) is 11.5. The summed E-state index contributed by atoms with van der Waals surface area (Å²) in [6.45, 7) is 2.37. The van der Waals surface area contributed by atoms with E-state index in [0.29, 0.717) is 39.0 Å². The molecule has 0 radical (unpaired) electrons. The monoisotopic (exact) mass is 503 g/mol. The van der Waals surface area contributed by atoms with Gasteiger partial charge in [0.15, 0.2) is 0 Å². The van der Waals surface area contributed by atoms with Crippen LogP contribution in [0.5, 0.6) is 0 Å². The van der Waals surface area contributed by atoms with Crippen molar-refractivity contribution >= 4 is 52.4 Å². The van der Waals surface area contributed by atoms with E-state index in [4.69, 9.17) is 23.2 Å². The Labute approximate surface area is 208 Å². The number of carbonyl (C=O) groups is 3. The number of anilines is 2. The molecule has 2 aromatic carbocycles. The summed E-state index contributed by atoms with van der Waals surface area (Å²) < 4.78 is 0. The molecule has 2 amide bonds. The van der Waals surface area contributed by atoms with Gasteiger partial charge >= 0.3 is 5.97 Å². The van der Waals surface area contributed by atoms with Gasteiger partial charge in [-0.2, -0.15) is 0 Å². The van der Waals surface area contributed by atoms with Crippen LogP contribution in [0.3, 0.4) is 0 Å². The van der Waals surface area contributed by atoms with Gasteiger partial charge in [0.25, 0.3) is 5.91 Å². The maximum absolute atomic E-state index is 13.4. The summed E-state index contributed by atoms with van der Waals surface area (Å²) in [4.78, 5) is 42.1. The first-order chi connectivity index (χ1) is 16.3. The van der Waals surface area contributed by atoms with Crippen LogP contribution in [0.15, 0.2) is 42.5 Å². The summed E-state index contributed by atoms with van der Waals surface area (Å²) in [5.41, 5.74) is 1.50. The number of para-hydroxylation sites is 1. The third kappa shape index (κ3) is 5.31. The zero-order valence-electron chi connectivity index (χ0n) is 18.7. The van der Waals surface area contributed by atoms with E-state index in [1.807, 2.05) is 30.3 Å². The van der Waals surface area contributed by atoms with Gasteiger partial charge in [0, 0.05) is 36.9 Å². The van der Waals surface area contributed by atoms with Crippen molar-refractivity contribution in [3.05, 3.63) is 58.1 Å². The number of amides is 2. The molecule has 34 heavy (non-hydrogen) atoms. The molecule has 0 bridgehead atoms.